The number of hydrogen-bond donors (Lipinski definition) is 0. The van der Waals surface area contributed by atoms with Gasteiger partial charge in [0, 0.05) is 19.3 Å². The van der Waals surface area contributed by atoms with Gasteiger partial charge in [-0.05, 0) is 33.6 Å². The van der Waals surface area contributed by atoms with Gasteiger partial charge in [0.25, 0.3) is 0 Å². The van der Waals surface area contributed by atoms with Crippen LogP contribution in [0.15, 0.2) is 0 Å². The summed E-state index contributed by atoms with van der Waals surface area (Å²) in [6, 6.07) is 0. The van der Waals surface area contributed by atoms with E-state index in [1.54, 1.807) is 0 Å². The second kappa shape index (κ2) is 3.21. The van der Waals surface area contributed by atoms with Crippen molar-refractivity contribution >= 4 is 5.97 Å². The SMILES string of the molecule is CC(=O)O[C@H]1C[C@]2(C)CC[C@H]1C(C)(C)O2. The molecule has 2 saturated heterocycles. The van der Waals surface area contributed by atoms with E-state index in [4.69, 9.17) is 9.47 Å². The third-order valence-electron chi connectivity index (χ3n) is 3.79. The number of ether oxygens (including phenoxy) is 2. The maximum absolute atomic E-state index is 11.0. The molecule has 2 aliphatic heterocycles. The van der Waals surface area contributed by atoms with Crippen LogP contribution in [0.4, 0.5) is 0 Å². The molecule has 2 bridgehead atoms. The first-order chi connectivity index (χ1) is 6.82. The van der Waals surface area contributed by atoms with Gasteiger partial charge < -0.3 is 9.47 Å². The molecule has 0 aromatic carbocycles. The van der Waals surface area contributed by atoms with Gasteiger partial charge in [0.1, 0.15) is 6.10 Å². The Morgan fingerprint density at radius 2 is 2.07 bits per heavy atom. The van der Waals surface area contributed by atoms with Crippen LogP contribution in [0.5, 0.6) is 0 Å². The zero-order valence-corrected chi connectivity index (χ0v) is 10.0. The third-order valence-corrected chi connectivity index (χ3v) is 3.79. The fourth-order valence-electron chi connectivity index (χ4n) is 3.25. The number of carbonyl (C=O) groups excluding carboxylic acids is 1. The van der Waals surface area contributed by atoms with Gasteiger partial charge in [0.05, 0.1) is 11.2 Å². The quantitative estimate of drug-likeness (QED) is 0.625. The maximum atomic E-state index is 11.0. The fourth-order valence-corrected chi connectivity index (χ4v) is 3.25. The van der Waals surface area contributed by atoms with Crippen molar-refractivity contribution in [2.75, 3.05) is 0 Å². The van der Waals surface area contributed by atoms with Gasteiger partial charge in [-0.2, -0.15) is 0 Å². The standard InChI is InChI=1S/C12H20O3/c1-8(13)14-10-7-12(4)6-5-9(10)11(2,3)15-12/h9-10H,5-7H2,1-4H3/t9-,10+,12+/m1/s1. The molecule has 15 heavy (non-hydrogen) atoms. The highest BCUT2D eigenvalue weighted by atomic mass is 16.6. The summed E-state index contributed by atoms with van der Waals surface area (Å²) in [5.74, 6) is 0.176. The van der Waals surface area contributed by atoms with Crippen LogP contribution < -0.4 is 0 Å². The number of carbonyl (C=O) groups is 1. The molecular weight excluding hydrogens is 192 g/mol. The van der Waals surface area contributed by atoms with Crippen LogP contribution in [0.3, 0.4) is 0 Å². The van der Waals surface area contributed by atoms with Crippen molar-refractivity contribution < 1.29 is 14.3 Å². The average Bonchev–Trinajstić information content (AvgIpc) is 1.97. The molecule has 3 aliphatic rings. The number of hydrogen-bond acceptors (Lipinski definition) is 3. The van der Waals surface area contributed by atoms with Crippen molar-refractivity contribution in [2.45, 2.75) is 64.3 Å². The highest BCUT2D eigenvalue weighted by Gasteiger charge is 2.54. The summed E-state index contributed by atoms with van der Waals surface area (Å²) in [6.07, 6.45) is 3.08. The second-order valence-corrected chi connectivity index (χ2v) is 5.65. The molecule has 3 nitrogen and oxygen atoms in total. The van der Waals surface area contributed by atoms with Crippen molar-refractivity contribution in [3.63, 3.8) is 0 Å². The Balaban J connectivity index is 2.19. The average molecular weight is 212 g/mol. The molecular formula is C12H20O3. The first-order valence-electron chi connectivity index (χ1n) is 5.70. The van der Waals surface area contributed by atoms with E-state index in [-0.39, 0.29) is 23.3 Å². The Hall–Kier alpha value is -0.570. The molecule has 3 heteroatoms. The third kappa shape index (κ3) is 1.89. The molecule has 0 radical (unpaired) electrons. The van der Waals surface area contributed by atoms with Crippen molar-refractivity contribution in [2.24, 2.45) is 5.92 Å². The van der Waals surface area contributed by atoms with E-state index >= 15 is 0 Å². The largest absolute Gasteiger partial charge is 0.462 e. The summed E-state index contributed by atoms with van der Waals surface area (Å²) in [5, 5.41) is 0. The first-order valence-corrected chi connectivity index (χ1v) is 5.70. The number of esters is 1. The monoisotopic (exact) mass is 212 g/mol. The van der Waals surface area contributed by atoms with Crippen molar-refractivity contribution in [1.29, 1.82) is 0 Å². The molecule has 3 atom stereocenters. The first kappa shape index (κ1) is 10.9. The predicted molar refractivity (Wildman–Crippen MR) is 56.5 cm³/mol. The van der Waals surface area contributed by atoms with Crippen LogP contribution in [-0.2, 0) is 14.3 Å². The van der Waals surface area contributed by atoms with Crippen LogP contribution in [0, 0.1) is 5.92 Å². The molecule has 0 unspecified atom stereocenters. The predicted octanol–water partition coefficient (Wildman–Crippen LogP) is 2.29. The van der Waals surface area contributed by atoms with Gasteiger partial charge in [-0.1, -0.05) is 0 Å². The molecule has 1 saturated carbocycles. The molecule has 3 rings (SSSR count). The smallest absolute Gasteiger partial charge is 0.302 e. The van der Waals surface area contributed by atoms with Gasteiger partial charge in [0.15, 0.2) is 0 Å². The molecule has 2 heterocycles. The molecule has 3 fully saturated rings. The van der Waals surface area contributed by atoms with Gasteiger partial charge in [-0.25, -0.2) is 0 Å². The Morgan fingerprint density at radius 1 is 1.40 bits per heavy atom. The molecule has 86 valence electrons. The van der Waals surface area contributed by atoms with Gasteiger partial charge in [-0.15, -0.1) is 0 Å². The summed E-state index contributed by atoms with van der Waals surface area (Å²) >= 11 is 0. The Morgan fingerprint density at radius 3 is 2.53 bits per heavy atom. The molecule has 1 aliphatic carbocycles. The summed E-state index contributed by atoms with van der Waals surface area (Å²) in [6.45, 7) is 7.81. The lowest BCUT2D eigenvalue weighted by molar-refractivity contribution is -0.267. The van der Waals surface area contributed by atoms with Crippen molar-refractivity contribution in [3.8, 4) is 0 Å². The number of fused-ring (bicyclic) bond motifs is 3. The Bertz CT molecular complexity index is 282. The molecule has 0 amide bonds. The second-order valence-electron chi connectivity index (χ2n) is 5.65. The van der Waals surface area contributed by atoms with E-state index in [0.717, 1.165) is 19.3 Å². The lowest BCUT2D eigenvalue weighted by Crippen LogP contribution is -2.60. The maximum Gasteiger partial charge on any atom is 0.302 e. The Labute approximate surface area is 91.1 Å². The van der Waals surface area contributed by atoms with Crippen LogP contribution in [0.25, 0.3) is 0 Å². The minimum absolute atomic E-state index is 0.0463. The lowest BCUT2D eigenvalue weighted by atomic mass is 9.67. The van der Waals surface area contributed by atoms with Crippen molar-refractivity contribution in [3.05, 3.63) is 0 Å². The van der Waals surface area contributed by atoms with Gasteiger partial charge >= 0.3 is 5.97 Å². The zero-order chi connectivity index (χ0) is 11.3. The van der Waals surface area contributed by atoms with E-state index in [2.05, 4.69) is 20.8 Å². The summed E-state index contributed by atoms with van der Waals surface area (Å²) in [4.78, 5) is 11.0. The minimum atomic E-state index is -0.174. The van der Waals surface area contributed by atoms with E-state index in [0.29, 0.717) is 5.92 Å². The van der Waals surface area contributed by atoms with Crippen LogP contribution in [-0.4, -0.2) is 23.3 Å². The van der Waals surface area contributed by atoms with Crippen molar-refractivity contribution in [1.82, 2.24) is 0 Å². The normalized spacial score (nSPS) is 42.7. The van der Waals surface area contributed by atoms with E-state index in [9.17, 15) is 4.79 Å². The van der Waals surface area contributed by atoms with Gasteiger partial charge in [-0.3, -0.25) is 4.79 Å². The fraction of sp³-hybridized carbons (Fsp3) is 0.917. The summed E-state index contributed by atoms with van der Waals surface area (Å²) in [5.41, 5.74) is -0.260. The van der Waals surface area contributed by atoms with E-state index < -0.39 is 0 Å². The molecule has 0 aromatic heterocycles. The highest BCUT2D eigenvalue weighted by molar-refractivity contribution is 5.66. The van der Waals surface area contributed by atoms with Crippen LogP contribution in [0.2, 0.25) is 0 Å². The van der Waals surface area contributed by atoms with Crippen LogP contribution in [0.1, 0.15) is 47.0 Å². The lowest BCUT2D eigenvalue weighted by Gasteiger charge is -2.56. The molecule has 0 spiro atoms. The van der Waals surface area contributed by atoms with E-state index in [1.807, 2.05) is 0 Å². The summed E-state index contributed by atoms with van der Waals surface area (Å²) in [7, 11) is 0. The van der Waals surface area contributed by atoms with E-state index in [1.165, 1.54) is 6.92 Å². The molecule has 0 N–H and O–H groups in total. The summed E-state index contributed by atoms with van der Waals surface area (Å²) < 4.78 is 11.5. The minimum Gasteiger partial charge on any atom is -0.462 e. The topological polar surface area (TPSA) is 35.5 Å². The van der Waals surface area contributed by atoms with Gasteiger partial charge in [0.2, 0.25) is 0 Å². The highest BCUT2D eigenvalue weighted by Crippen LogP contribution is 2.50. The van der Waals surface area contributed by atoms with Crippen LogP contribution >= 0.6 is 0 Å². The molecule has 0 aromatic rings. The Kier molecular flexibility index (Phi) is 2.34. The number of rotatable bonds is 1. The zero-order valence-electron chi connectivity index (χ0n) is 10.0.